The Balaban J connectivity index is 0.00000630. The predicted molar refractivity (Wildman–Crippen MR) is 249 cm³/mol. The van der Waals surface area contributed by atoms with E-state index < -0.39 is 5.63 Å². The fourth-order valence-electron chi connectivity index (χ4n) is 8.35. The van der Waals surface area contributed by atoms with Crippen LogP contribution in [-0.2, 0) is 42.6 Å². The molecule has 0 saturated heterocycles. The van der Waals surface area contributed by atoms with Crippen LogP contribution in [0.15, 0.2) is 75.9 Å². The first-order chi connectivity index (χ1) is 30.7. The van der Waals surface area contributed by atoms with Gasteiger partial charge in [-0.3, -0.25) is 9.59 Å². The zero-order valence-corrected chi connectivity index (χ0v) is 39.1. The van der Waals surface area contributed by atoms with Gasteiger partial charge in [-0.15, -0.1) is 22.1 Å². The minimum absolute atomic E-state index is 0. The Bertz CT molecular complexity index is 3170. The largest absolute Gasteiger partial charge is 2.00 e. The molecule has 0 aliphatic carbocycles. The number of methoxy groups -OCH3 is 2. The van der Waals surface area contributed by atoms with E-state index in [0.717, 1.165) is 100 Å². The van der Waals surface area contributed by atoms with Gasteiger partial charge in [0, 0.05) is 30.4 Å². The van der Waals surface area contributed by atoms with Crippen molar-refractivity contribution in [2.75, 3.05) is 27.4 Å². The second kappa shape index (κ2) is 19.2. The second-order valence-corrected chi connectivity index (χ2v) is 16.3. The summed E-state index contributed by atoms with van der Waals surface area (Å²) >= 11 is 0. The minimum Gasteiger partial charge on any atom is -0.657 e. The van der Waals surface area contributed by atoms with Crippen LogP contribution in [0.25, 0.3) is 66.5 Å². The molecule has 6 aromatic rings. The van der Waals surface area contributed by atoms with Crippen molar-refractivity contribution in [3.05, 3.63) is 128 Å². The van der Waals surface area contributed by atoms with E-state index in [1.165, 1.54) is 20.3 Å². The Morgan fingerprint density at radius 1 is 0.631 bits per heavy atom. The Morgan fingerprint density at radius 2 is 1.25 bits per heavy atom. The Kier molecular flexibility index (Phi) is 13.7. The quantitative estimate of drug-likeness (QED) is 0.0497. The molecule has 8 rings (SSSR count). The number of fused-ring (bicyclic) bond motifs is 9. The summed E-state index contributed by atoms with van der Waals surface area (Å²) < 4.78 is 27.5. The monoisotopic (exact) mass is 914 g/mol. The van der Waals surface area contributed by atoms with Gasteiger partial charge in [-0.1, -0.05) is 52.6 Å². The van der Waals surface area contributed by atoms with Crippen molar-refractivity contribution in [2.24, 2.45) is 0 Å². The van der Waals surface area contributed by atoms with E-state index in [1.807, 2.05) is 75.4 Å². The van der Waals surface area contributed by atoms with Gasteiger partial charge < -0.3 is 33.3 Å². The maximum absolute atomic E-state index is 12.4. The van der Waals surface area contributed by atoms with Crippen LogP contribution in [-0.4, -0.2) is 49.3 Å². The molecule has 8 bridgehead atoms. The van der Waals surface area contributed by atoms with Crippen molar-refractivity contribution in [1.29, 1.82) is 0 Å². The molecule has 2 aliphatic heterocycles. The maximum Gasteiger partial charge on any atom is 2.00 e. The summed E-state index contributed by atoms with van der Waals surface area (Å²) in [6, 6.07) is 20.8. The third kappa shape index (κ3) is 9.30. The van der Waals surface area contributed by atoms with E-state index in [-0.39, 0.29) is 55.1 Å². The molecule has 6 heterocycles. The summed E-state index contributed by atoms with van der Waals surface area (Å²) in [5.41, 5.74) is 16.6. The molecule has 0 amide bonds. The first-order valence-corrected chi connectivity index (χ1v) is 21.3. The van der Waals surface area contributed by atoms with E-state index in [4.69, 9.17) is 43.3 Å². The number of esters is 2. The fraction of sp³-hybridized carbons (Fsp3) is 0.288. The van der Waals surface area contributed by atoms with Crippen LogP contribution < -0.4 is 25.1 Å². The van der Waals surface area contributed by atoms with Gasteiger partial charge in [0.1, 0.15) is 30.3 Å². The number of aromatic nitrogens is 4. The van der Waals surface area contributed by atoms with Crippen LogP contribution >= 0.6 is 0 Å². The molecule has 0 radical (unpaired) electrons. The van der Waals surface area contributed by atoms with Crippen molar-refractivity contribution in [1.82, 2.24) is 19.9 Å². The van der Waals surface area contributed by atoms with Gasteiger partial charge >= 0.3 is 34.6 Å². The number of hydrogen-bond donors (Lipinski definition) is 0. The molecule has 0 atom stereocenters. The third-order valence-corrected chi connectivity index (χ3v) is 12.4. The van der Waals surface area contributed by atoms with Gasteiger partial charge in [-0.25, -0.2) is 14.8 Å². The number of carbonyl (C=O) groups is 2. The average molecular weight is 915 g/mol. The summed E-state index contributed by atoms with van der Waals surface area (Å²) in [6.07, 6.45) is 1.22. The maximum atomic E-state index is 12.4. The number of allylic oxidation sites excluding steroid dienone is 4. The molecule has 0 unspecified atom stereocenters. The van der Waals surface area contributed by atoms with Gasteiger partial charge in [-0.05, 0) is 125 Å². The van der Waals surface area contributed by atoms with Crippen LogP contribution in [0.1, 0.15) is 90.6 Å². The van der Waals surface area contributed by atoms with Crippen LogP contribution in [0.2, 0.25) is 0 Å². The van der Waals surface area contributed by atoms with E-state index in [2.05, 4.69) is 27.7 Å². The second-order valence-electron chi connectivity index (χ2n) is 16.3. The number of nitrogens with zero attached hydrogens (tertiary/aromatic N) is 4. The molecule has 2 aliphatic rings. The van der Waals surface area contributed by atoms with Crippen molar-refractivity contribution in [3.63, 3.8) is 0 Å². The molecule has 0 saturated carbocycles. The third-order valence-electron chi connectivity index (χ3n) is 12.4. The normalized spacial score (nSPS) is 12.4. The van der Waals surface area contributed by atoms with Crippen LogP contribution in [0.4, 0.5) is 0 Å². The summed E-state index contributed by atoms with van der Waals surface area (Å²) in [5.74, 6) is 0.630. The molecule has 65 heavy (non-hydrogen) atoms. The molecule has 334 valence electrons. The Labute approximate surface area is 387 Å². The van der Waals surface area contributed by atoms with Crippen LogP contribution in [0, 0.1) is 27.7 Å². The summed E-state index contributed by atoms with van der Waals surface area (Å²) in [7, 11) is 2.78. The summed E-state index contributed by atoms with van der Waals surface area (Å²) in [4.78, 5) is 57.7. The molecule has 0 N–H and O–H groups in total. The van der Waals surface area contributed by atoms with E-state index >= 15 is 0 Å². The van der Waals surface area contributed by atoms with Crippen LogP contribution in [0.5, 0.6) is 11.5 Å². The molecule has 12 nitrogen and oxygen atoms in total. The summed E-state index contributed by atoms with van der Waals surface area (Å²) in [5, 5.41) is 0.859. The number of carbonyl (C=O) groups excluding carboxylic acids is 2. The SMILES string of the molecule is COC(=O)CCC1=C(C)c2cc3[n-]c(c(C)c3C)c(-c3ccc(OCCOc4ccc5c(C)cc(=O)oc5c4)cc3)c3nc(cc4[n-]c(cc1n2)c(CCC(=O)OC)c4C)C(C)=C3C.[Fe+2]. The molecule has 0 spiro atoms. The molecule has 4 aromatic heterocycles. The predicted octanol–water partition coefficient (Wildman–Crippen LogP) is 9.98. The smallest absolute Gasteiger partial charge is 0.657 e. The summed E-state index contributed by atoms with van der Waals surface area (Å²) in [6.45, 7) is 14.8. The molecular formula is C52H50FeN4O8. The van der Waals surface area contributed by atoms with Crippen molar-refractivity contribution < 1.29 is 50.0 Å². The molecule has 2 aromatic carbocycles. The first kappa shape index (κ1) is 46.3. The van der Waals surface area contributed by atoms with Gasteiger partial charge in [0.25, 0.3) is 0 Å². The first-order valence-electron chi connectivity index (χ1n) is 21.3. The zero-order chi connectivity index (χ0) is 45.4. The van der Waals surface area contributed by atoms with E-state index in [1.54, 1.807) is 6.07 Å². The van der Waals surface area contributed by atoms with Gasteiger partial charge in [0.05, 0.1) is 37.0 Å². The fourth-order valence-corrected chi connectivity index (χ4v) is 8.35. The number of rotatable bonds is 12. The minimum atomic E-state index is -0.399. The standard InChI is InChI=1S/C52H50N4O8.Fe/c1-27-22-49(59)64-46-23-36(14-15-37(27)46)63-21-20-62-35-12-10-34(11-13-35)50-51-30(4)28(2)40(55-51)24-42-32(6)38(16-18-47(57)60-8)44(53-42)26-45-39(17-19-48(58)61-9)33(7)43(54-45)25-41-29(3)31(5)52(50)56-41;/h10-15,22-26H,16-21H2,1-9H3;/q-2;+2. The topological polar surface area (TPSA) is 155 Å². The molecule has 0 fully saturated rings. The number of benzene rings is 2. The number of hydrogen-bond acceptors (Lipinski definition) is 10. The van der Waals surface area contributed by atoms with Gasteiger partial charge in [0.15, 0.2) is 0 Å². The van der Waals surface area contributed by atoms with E-state index in [0.29, 0.717) is 41.1 Å². The van der Waals surface area contributed by atoms with Crippen molar-refractivity contribution in [2.45, 2.75) is 74.1 Å². The number of ether oxygens (including phenoxy) is 4. The zero-order valence-electron chi connectivity index (χ0n) is 38.0. The van der Waals surface area contributed by atoms with Crippen molar-refractivity contribution in [3.8, 4) is 22.6 Å². The number of aryl methyl sites for hydroxylation is 5. The molecular weight excluding hydrogens is 864 g/mol. The van der Waals surface area contributed by atoms with E-state index in [9.17, 15) is 14.4 Å². The Hall–Kier alpha value is -6.69. The molecule has 13 heteroatoms. The van der Waals surface area contributed by atoms with Gasteiger partial charge in [-0.2, -0.15) is 0 Å². The van der Waals surface area contributed by atoms with Gasteiger partial charge in [0.2, 0.25) is 0 Å². The van der Waals surface area contributed by atoms with Crippen LogP contribution in [0.3, 0.4) is 0 Å². The van der Waals surface area contributed by atoms with Crippen molar-refractivity contribution >= 4 is 67.3 Å². The average Bonchev–Trinajstić information content (AvgIpc) is 3.93. The Morgan fingerprint density at radius 3 is 1.94 bits per heavy atom.